The lowest BCUT2D eigenvalue weighted by molar-refractivity contribution is -0.125. The Labute approximate surface area is 83.4 Å². The van der Waals surface area contributed by atoms with E-state index in [4.69, 9.17) is 10.9 Å². The molecule has 4 N–H and O–H groups in total. The number of aliphatic hydroxyl groups excluding tert-OH is 1. The van der Waals surface area contributed by atoms with Crippen LogP contribution >= 0.6 is 0 Å². The molecule has 0 aliphatic rings. The molecule has 0 saturated carbocycles. The van der Waals surface area contributed by atoms with Gasteiger partial charge in [-0.1, -0.05) is 19.8 Å². The normalized spacial score (nSPS) is 13.6. The average Bonchev–Trinajstić information content (AvgIpc) is 2.15. The predicted molar refractivity (Wildman–Crippen MR) is 51.6 cm³/mol. The molecule has 0 rings (SSSR count). The van der Waals surface area contributed by atoms with E-state index in [-0.39, 0.29) is 5.75 Å². The lowest BCUT2D eigenvalue weighted by atomic mass is 10.3. The Hall–Kier alpha value is -0.660. The fourth-order valence-electron chi connectivity index (χ4n) is 0.899. The number of amides is 1. The molecule has 0 fully saturated rings. The van der Waals surface area contributed by atoms with Crippen LogP contribution in [0.25, 0.3) is 0 Å². The van der Waals surface area contributed by atoms with Crippen LogP contribution in [-0.4, -0.2) is 30.6 Å². The fourth-order valence-corrected chi connectivity index (χ4v) is 2.12. The Bertz CT molecular complexity index is 275. The molecule has 0 aliphatic heterocycles. The molecule has 0 radical (unpaired) electrons. The van der Waals surface area contributed by atoms with Crippen molar-refractivity contribution in [2.75, 3.05) is 5.75 Å². The number of hydrogen-bond acceptors (Lipinski definition) is 5. The number of hydrogen-bond donors (Lipinski definition) is 3. The van der Waals surface area contributed by atoms with Crippen molar-refractivity contribution in [2.45, 2.75) is 31.6 Å². The van der Waals surface area contributed by atoms with Gasteiger partial charge in [-0.15, -0.1) is 0 Å². The summed E-state index contributed by atoms with van der Waals surface area (Å²) in [6, 6.07) is 0. The van der Waals surface area contributed by atoms with Crippen molar-refractivity contribution in [3.8, 4) is 0 Å². The zero-order valence-electron chi connectivity index (χ0n) is 8.06. The number of carbonyl (C=O) groups excluding carboxylic acids is 1. The number of nitrogens with two attached hydrogens (primary N) is 1. The minimum atomic E-state index is -3.78. The Kier molecular flexibility index (Phi) is 5.66. The molecule has 14 heavy (non-hydrogen) atoms. The van der Waals surface area contributed by atoms with Crippen molar-refractivity contribution in [3.63, 3.8) is 0 Å². The summed E-state index contributed by atoms with van der Waals surface area (Å²) >= 11 is 0. The molecule has 1 amide bonds. The predicted octanol–water partition coefficient (Wildman–Crippen LogP) is -1.10. The smallest absolute Gasteiger partial charge is 0.278 e. The molecule has 6 nitrogen and oxygen atoms in total. The summed E-state index contributed by atoms with van der Waals surface area (Å²) in [5.41, 5.74) is -0.458. The maximum atomic E-state index is 11.2. The highest BCUT2D eigenvalue weighted by atomic mass is 32.2. The monoisotopic (exact) mass is 224 g/mol. The lowest BCUT2D eigenvalue weighted by Gasteiger charge is -2.09. The summed E-state index contributed by atoms with van der Waals surface area (Å²) in [5.74, 6) is 3.41. The molecular weight excluding hydrogens is 208 g/mol. The summed E-state index contributed by atoms with van der Waals surface area (Å²) in [6.45, 7) is 1.93. The number of unbranched alkanes of at least 4 members (excludes halogenated alkanes) is 2. The third-order valence-electron chi connectivity index (χ3n) is 1.74. The van der Waals surface area contributed by atoms with Gasteiger partial charge < -0.3 is 5.11 Å². The largest absolute Gasteiger partial charge is 0.369 e. The van der Waals surface area contributed by atoms with Crippen LogP contribution in [0.4, 0.5) is 0 Å². The van der Waals surface area contributed by atoms with Crippen molar-refractivity contribution in [1.29, 1.82) is 0 Å². The molecule has 0 saturated heterocycles. The minimum absolute atomic E-state index is 0.199. The summed E-state index contributed by atoms with van der Waals surface area (Å²) in [6.07, 6.45) is 2.05. The zero-order chi connectivity index (χ0) is 11.2. The molecule has 0 aromatic heterocycles. The molecule has 0 aromatic rings. The van der Waals surface area contributed by atoms with E-state index < -0.39 is 21.2 Å². The van der Waals surface area contributed by atoms with Crippen LogP contribution in [0.2, 0.25) is 0 Å². The second kappa shape index (κ2) is 5.94. The van der Waals surface area contributed by atoms with Gasteiger partial charge in [0.1, 0.15) is 0 Å². The fraction of sp³-hybridized carbons (Fsp3) is 0.857. The van der Waals surface area contributed by atoms with E-state index in [0.29, 0.717) is 6.42 Å². The Morgan fingerprint density at radius 2 is 2.07 bits per heavy atom. The van der Waals surface area contributed by atoms with Gasteiger partial charge in [0.2, 0.25) is 5.44 Å². The highest BCUT2D eigenvalue weighted by molar-refractivity contribution is 7.92. The van der Waals surface area contributed by atoms with Gasteiger partial charge in [0, 0.05) is 0 Å². The standard InChI is InChI=1S/C7H16N2O4S/c1-2-3-4-5-14(12,13)7(11)6(10)9-8/h7,11H,2-5,8H2,1H3,(H,9,10). The number of aliphatic hydroxyl groups is 1. The lowest BCUT2D eigenvalue weighted by Crippen LogP contribution is -2.43. The van der Waals surface area contributed by atoms with E-state index in [1.807, 2.05) is 6.92 Å². The maximum Gasteiger partial charge on any atom is 0.278 e. The molecule has 0 aliphatic carbocycles. The van der Waals surface area contributed by atoms with Crippen molar-refractivity contribution in [1.82, 2.24) is 5.43 Å². The molecule has 7 heteroatoms. The van der Waals surface area contributed by atoms with Crippen LogP contribution in [0, 0.1) is 0 Å². The minimum Gasteiger partial charge on any atom is -0.369 e. The number of sulfone groups is 1. The summed E-state index contributed by atoms with van der Waals surface area (Å²) in [5, 5.41) is 9.06. The quantitative estimate of drug-likeness (QED) is 0.229. The first-order valence-electron chi connectivity index (χ1n) is 4.35. The maximum absolute atomic E-state index is 11.2. The van der Waals surface area contributed by atoms with Gasteiger partial charge in [-0.3, -0.25) is 10.2 Å². The van der Waals surface area contributed by atoms with Crippen molar-refractivity contribution < 1.29 is 18.3 Å². The second-order valence-corrected chi connectivity index (χ2v) is 5.12. The van der Waals surface area contributed by atoms with Gasteiger partial charge in [-0.25, -0.2) is 14.3 Å². The molecule has 0 bridgehead atoms. The van der Waals surface area contributed by atoms with Gasteiger partial charge >= 0.3 is 0 Å². The van der Waals surface area contributed by atoms with Crippen LogP contribution in [0.3, 0.4) is 0 Å². The Morgan fingerprint density at radius 3 is 2.50 bits per heavy atom. The first kappa shape index (κ1) is 13.3. The molecular formula is C7H16N2O4S. The second-order valence-electron chi connectivity index (χ2n) is 2.94. The van der Waals surface area contributed by atoms with Gasteiger partial charge in [0.15, 0.2) is 9.84 Å². The van der Waals surface area contributed by atoms with Crippen LogP contribution in [0.1, 0.15) is 26.2 Å². The number of nitrogens with one attached hydrogen (secondary N) is 1. The van der Waals surface area contributed by atoms with E-state index in [0.717, 1.165) is 12.8 Å². The van der Waals surface area contributed by atoms with E-state index in [1.54, 1.807) is 5.43 Å². The third kappa shape index (κ3) is 4.03. The number of rotatable bonds is 6. The van der Waals surface area contributed by atoms with E-state index in [9.17, 15) is 13.2 Å². The molecule has 0 heterocycles. The van der Waals surface area contributed by atoms with Crippen LogP contribution in [0.5, 0.6) is 0 Å². The molecule has 84 valence electrons. The number of hydrazine groups is 1. The van der Waals surface area contributed by atoms with Crippen LogP contribution in [-0.2, 0) is 14.6 Å². The molecule has 0 spiro atoms. The summed E-state index contributed by atoms with van der Waals surface area (Å²) in [4.78, 5) is 10.7. The summed E-state index contributed by atoms with van der Waals surface area (Å²) < 4.78 is 22.5. The SMILES string of the molecule is CCCCCS(=O)(=O)C(O)C(=O)NN. The topological polar surface area (TPSA) is 109 Å². The summed E-state index contributed by atoms with van der Waals surface area (Å²) in [7, 11) is -3.78. The van der Waals surface area contributed by atoms with E-state index >= 15 is 0 Å². The highest BCUT2D eigenvalue weighted by Gasteiger charge is 2.28. The first-order valence-corrected chi connectivity index (χ1v) is 6.07. The zero-order valence-corrected chi connectivity index (χ0v) is 8.88. The van der Waals surface area contributed by atoms with E-state index in [2.05, 4.69) is 0 Å². The highest BCUT2D eigenvalue weighted by Crippen LogP contribution is 2.04. The van der Waals surface area contributed by atoms with Gasteiger partial charge in [0.25, 0.3) is 5.91 Å². The van der Waals surface area contributed by atoms with Gasteiger partial charge in [0.05, 0.1) is 5.75 Å². The van der Waals surface area contributed by atoms with Crippen LogP contribution in [0.15, 0.2) is 0 Å². The number of carbonyl (C=O) groups is 1. The van der Waals surface area contributed by atoms with Gasteiger partial charge in [-0.2, -0.15) is 0 Å². The molecule has 0 aromatic carbocycles. The van der Waals surface area contributed by atoms with Crippen molar-refractivity contribution in [3.05, 3.63) is 0 Å². The Balaban J connectivity index is 4.24. The average molecular weight is 224 g/mol. The van der Waals surface area contributed by atoms with Crippen molar-refractivity contribution >= 4 is 15.7 Å². The Morgan fingerprint density at radius 1 is 1.50 bits per heavy atom. The molecule has 1 atom stereocenters. The molecule has 1 unspecified atom stereocenters. The third-order valence-corrected chi connectivity index (χ3v) is 3.49. The first-order chi connectivity index (χ1) is 6.45. The van der Waals surface area contributed by atoms with Crippen molar-refractivity contribution in [2.24, 2.45) is 5.84 Å². The van der Waals surface area contributed by atoms with E-state index in [1.165, 1.54) is 0 Å². The van der Waals surface area contributed by atoms with Crippen LogP contribution < -0.4 is 11.3 Å². The van der Waals surface area contributed by atoms with Gasteiger partial charge in [-0.05, 0) is 6.42 Å².